The summed E-state index contributed by atoms with van der Waals surface area (Å²) in [4.78, 5) is 119. The summed E-state index contributed by atoms with van der Waals surface area (Å²) in [6.45, 7) is 42.7. The van der Waals surface area contributed by atoms with E-state index in [4.69, 9.17) is 24.4 Å². The standard InChI is InChI=1S/C6H9NO2.C6H9NO.C5H8N4O.C5H8N2O3.2C5H8N2O2.C5H8N2OS.C5H11NO2.C4H8N4O.C4H11O3P.C4H10O2S.C3H8O3S/c1-4(2)5-3-6(8)7-9-5;1-5(2)6(8)3-4-7;1-3(2)4(10)5-6-8-9-7-5;1-3(2)7-4(8)6-5(9)10-7;1-3(2)4-6-5(8)9-7-4;2*1-3(2)4-5(8)7-9-6-4;1-4(2)5(7)6(3)8;1-3(2)8-4(9)5-6-7-8;1-4(2)8(5,6)7-3;1-4(2)7(3,5)6;1-3(2)7(4,5)6/h3-4H,1-2H3,(H,7,8);5H,3H2,1-2H3;3H,1-2H3,(H,6,7,8,9);3H,1-2H3,(H,6,8,9);3H,1-2H3,(H,6,7,8);2*3H,1-2H3,(H,7,8);4,8H,1-3H3;3H,1-2H3,(H,5,7,9);4H,1-3H3,(H,5,6);4H,1-3H3;3H,1-2H3,(H,4,5,6). The van der Waals surface area contributed by atoms with E-state index in [-0.39, 0.29) is 117 Å². The van der Waals surface area contributed by atoms with Crippen LogP contribution >= 0.6 is 19.3 Å². The third kappa shape index (κ3) is 48.7. The second kappa shape index (κ2) is 52.2. The summed E-state index contributed by atoms with van der Waals surface area (Å²) < 4.78 is 89.9. The number of nitriles is 1. The van der Waals surface area contributed by atoms with Gasteiger partial charge in [-0.15, -0.1) is 14.9 Å². The minimum atomic E-state index is -3.74. The van der Waals surface area contributed by atoms with Crippen LogP contribution in [0, 0.1) is 29.1 Å². The molecule has 590 valence electrons. The predicted molar refractivity (Wildman–Crippen MR) is 379 cm³/mol. The number of H-pyrrole nitrogens is 7. The largest absolute Gasteiger partial charge is 0.440 e. The molecule has 0 aliphatic carbocycles. The summed E-state index contributed by atoms with van der Waals surface area (Å²) in [7, 11) is -7.17. The second-order valence-electron chi connectivity index (χ2n) is 24.5. The van der Waals surface area contributed by atoms with Crippen LogP contribution in [0.2, 0.25) is 0 Å². The Labute approximate surface area is 599 Å². The first-order valence-electron chi connectivity index (χ1n) is 31.3. The summed E-state index contributed by atoms with van der Waals surface area (Å²) in [6, 6.07) is 3.22. The minimum absolute atomic E-state index is 0.00894. The lowest BCUT2D eigenvalue weighted by Crippen LogP contribution is -2.26. The highest BCUT2D eigenvalue weighted by Crippen LogP contribution is 2.45. The van der Waals surface area contributed by atoms with Crippen LogP contribution in [0.3, 0.4) is 0 Å². The summed E-state index contributed by atoms with van der Waals surface area (Å²) in [5.74, 6) is 0.629. The molecule has 0 fully saturated rings. The van der Waals surface area contributed by atoms with Crippen molar-refractivity contribution in [3.8, 4) is 6.07 Å². The third-order valence-corrected chi connectivity index (χ3v) is 16.7. The highest BCUT2D eigenvalue weighted by Gasteiger charge is 2.22. The molecule has 103 heavy (non-hydrogen) atoms. The monoisotopic (exact) mass is 1550 g/mol. The van der Waals surface area contributed by atoms with Gasteiger partial charge in [-0.3, -0.25) is 61.6 Å². The molecular formula is C57H106N19O23PS3. The van der Waals surface area contributed by atoms with E-state index < -0.39 is 50.0 Å². The number of hydrogen-bond donors (Lipinski definition) is 10. The molecule has 1 atom stereocenters. The van der Waals surface area contributed by atoms with Crippen LogP contribution in [0.5, 0.6) is 0 Å². The van der Waals surface area contributed by atoms with Crippen LogP contribution in [0.4, 0.5) is 0 Å². The van der Waals surface area contributed by atoms with E-state index in [1.807, 2.05) is 74.2 Å². The predicted octanol–water partition coefficient (Wildman–Crippen LogP) is 5.88. The number of nitrogens with one attached hydrogen (secondary N) is 7. The summed E-state index contributed by atoms with van der Waals surface area (Å²) in [5, 5.41) is 49.1. The molecule has 7 rings (SSSR count). The van der Waals surface area contributed by atoms with Crippen molar-refractivity contribution in [2.24, 2.45) is 17.8 Å². The van der Waals surface area contributed by atoms with Gasteiger partial charge in [0, 0.05) is 79.6 Å². The fourth-order valence-corrected chi connectivity index (χ4v) is 5.84. The topological polar surface area (TPSA) is 629 Å². The third-order valence-electron chi connectivity index (χ3n) is 11.4. The number of sulfone groups is 1. The molecule has 0 aliphatic heterocycles. The number of tetrazole rings is 2. The van der Waals surface area contributed by atoms with Gasteiger partial charge in [0.1, 0.15) is 27.1 Å². The lowest BCUT2D eigenvalue weighted by atomic mass is 10.1. The highest BCUT2D eigenvalue weighted by molar-refractivity contribution is 7.91. The van der Waals surface area contributed by atoms with Crippen molar-refractivity contribution in [3.05, 3.63) is 108 Å². The Bertz CT molecular complexity index is 3970. The SMILES string of the molecule is CC(C)C(=O)CC#N.CC(C)C(=O)N(C)O.CC(C)C(=O)c1nn[nH]n1.CC(C)S(=O)(=O)O.CC(C)S(C)(=O)=O.CC(C)c1cc(=O)[nH]o1.CC(C)c1no[nH]c1=O.CC(C)c1noc(=O)[nH]1.CC(C)c1ns[nH]c1=O.CC(C)n1nn[nH]c1=O.CC(C)n1oc(=O)[nH]c1=O.COP(=O)(O)C(C)C. The van der Waals surface area contributed by atoms with Gasteiger partial charge in [-0.2, -0.15) is 38.3 Å². The van der Waals surface area contributed by atoms with Crippen molar-refractivity contribution >= 4 is 56.8 Å². The van der Waals surface area contributed by atoms with Gasteiger partial charge < -0.3 is 18.5 Å². The van der Waals surface area contributed by atoms with Gasteiger partial charge in [0.25, 0.3) is 21.2 Å². The van der Waals surface area contributed by atoms with Crippen LogP contribution in [0.15, 0.2) is 57.8 Å². The fraction of sp³-hybridized carbons (Fsp3) is 0.702. The quantitative estimate of drug-likeness (QED) is 0.0188. The zero-order valence-corrected chi connectivity index (χ0v) is 66.6. The Morgan fingerprint density at radius 2 is 1.23 bits per heavy atom. The van der Waals surface area contributed by atoms with Crippen molar-refractivity contribution in [1.29, 1.82) is 5.26 Å². The van der Waals surface area contributed by atoms with Crippen LogP contribution in [0.25, 0.3) is 0 Å². The first-order valence-corrected chi connectivity index (χ1v) is 37.2. The summed E-state index contributed by atoms with van der Waals surface area (Å²) in [6.07, 6.45) is 1.29. The van der Waals surface area contributed by atoms with Crippen molar-refractivity contribution in [2.45, 2.75) is 225 Å². The number of carbonyl (C=O) groups is 3. The number of amides is 1. The number of aromatic amines is 7. The molecule has 7 aromatic heterocycles. The molecule has 0 radical (unpaired) electrons. The van der Waals surface area contributed by atoms with Crippen molar-refractivity contribution in [2.75, 3.05) is 20.4 Å². The average molecular weight is 1550 g/mol. The Balaban J connectivity index is -0.000000340. The molecule has 42 nitrogen and oxygen atoms in total. The number of Topliss-reactive ketones (excluding diaryl/α,β-unsaturated/α-hetero) is 2. The maximum absolute atomic E-state index is 11.0. The number of hydroxylamine groups is 2. The number of aromatic nitrogens is 17. The fourth-order valence-electron chi connectivity index (χ4n) is 4.79. The first-order chi connectivity index (χ1) is 47.0. The number of nitrogens with zero attached hydrogens (tertiary/aromatic N) is 12. The normalized spacial score (nSPS) is 11.2. The molecule has 1 amide bonds. The molecular weight excluding hydrogens is 1450 g/mol. The minimum Gasteiger partial charge on any atom is -0.383 e. The van der Waals surface area contributed by atoms with Gasteiger partial charge in [-0.1, -0.05) is 121 Å². The van der Waals surface area contributed by atoms with Crippen LogP contribution in [0.1, 0.15) is 242 Å². The van der Waals surface area contributed by atoms with E-state index in [9.17, 15) is 69.3 Å². The van der Waals surface area contributed by atoms with Crippen molar-refractivity contribution in [1.82, 2.24) is 90.0 Å². The Morgan fingerprint density at radius 1 is 0.709 bits per heavy atom. The molecule has 46 heteroatoms. The molecule has 0 bridgehead atoms. The van der Waals surface area contributed by atoms with E-state index >= 15 is 0 Å². The zero-order valence-electron chi connectivity index (χ0n) is 63.3. The molecule has 10 N–H and O–H groups in total. The van der Waals surface area contributed by atoms with Crippen LogP contribution in [-0.4, -0.2) is 176 Å². The van der Waals surface area contributed by atoms with Gasteiger partial charge in [0.15, 0.2) is 11.5 Å². The van der Waals surface area contributed by atoms with Gasteiger partial charge in [0.05, 0.1) is 40.7 Å². The van der Waals surface area contributed by atoms with Gasteiger partial charge in [-0.05, 0) is 71.0 Å². The Hall–Kier alpha value is -8.80. The molecule has 0 spiro atoms. The summed E-state index contributed by atoms with van der Waals surface area (Å²) >= 11 is 1.11. The van der Waals surface area contributed by atoms with E-state index in [1.165, 1.54) is 45.0 Å². The van der Waals surface area contributed by atoms with Gasteiger partial charge in [-0.25, -0.2) is 42.7 Å². The van der Waals surface area contributed by atoms with Crippen LogP contribution in [-0.2, 0) is 38.6 Å². The molecule has 1 unspecified atom stereocenters. The first kappa shape index (κ1) is 103. The van der Waals surface area contributed by atoms with E-state index in [2.05, 4.69) is 88.7 Å². The smallest absolute Gasteiger partial charge is 0.383 e. The van der Waals surface area contributed by atoms with E-state index in [1.54, 1.807) is 89.2 Å². The number of hydrogen-bond acceptors (Lipinski definition) is 31. The second-order valence-corrected chi connectivity index (χ2v) is 32.2. The number of carbonyl (C=O) groups excluding carboxylic acids is 3. The van der Waals surface area contributed by atoms with E-state index in [0.717, 1.165) is 16.5 Å². The lowest BCUT2D eigenvalue weighted by molar-refractivity contribution is -0.162. The molecule has 0 saturated carbocycles. The van der Waals surface area contributed by atoms with E-state index in [0.29, 0.717) is 28.0 Å². The lowest BCUT2D eigenvalue weighted by Gasteiger charge is -2.10. The number of ketones is 2. The van der Waals surface area contributed by atoms with Crippen LogP contribution < -0.4 is 39.6 Å². The maximum atomic E-state index is 11.0. The van der Waals surface area contributed by atoms with Crippen molar-refractivity contribution in [3.63, 3.8) is 0 Å². The average Bonchev–Trinajstić information content (AvgIpc) is 1.79. The molecule has 0 aromatic carbocycles. The molecule has 0 aliphatic rings. The maximum Gasteiger partial charge on any atom is 0.440 e. The molecule has 0 saturated heterocycles. The Morgan fingerprint density at radius 3 is 1.40 bits per heavy atom. The highest BCUT2D eigenvalue weighted by atomic mass is 32.2. The number of rotatable bonds is 15. The molecule has 7 heterocycles. The van der Waals surface area contributed by atoms with Gasteiger partial charge in [0.2, 0.25) is 17.5 Å². The summed E-state index contributed by atoms with van der Waals surface area (Å²) in [5.41, 5.74) is -0.411. The van der Waals surface area contributed by atoms with Crippen molar-refractivity contribution < 1.29 is 73.2 Å². The van der Waals surface area contributed by atoms with Gasteiger partial charge >= 0.3 is 36.0 Å². The Kier molecular flexibility index (Phi) is 52.1. The molecule has 7 aromatic rings. The zero-order chi connectivity index (χ0) is 81.8.